The number of benzene rings is 1. The molecule has 4 nitrogen and oxygen atoms in total. The third kappa shape index (κ3) is 3.34. The van der Waals surface area contributed by atoms with Gasteiger partial charge in [0.25, 0.3) is 0 Å². The van der Waals surface area contributed by atoms with Gasteiger partial charge in [0.05, 0.1) is 30.1 Å². The van der Waals surface area contributed by atoms with Crippen LogP contribution in [0.2, 0.25) is 0 Å². The average molecular weight is 372 g/mol. The molecular weight excluding hydrogens is 353 g/mol. The van der Waals surface area contributed by atoms with Gasteiger partial charge in [0, 0.05) is 19.6 Å². The smallest absolute Gasteiger partial charge is 0.227 e. The first-order chi connectivity index (χ1) is 10.5. The molecule has 1 spiro atoms. The number of halogens is 2. The largest absolute Gasteiger partial charge is 0.378 e. The number of amides is 1. The van der Waals surface area contributed by atoms with Gasteiger partial charge in [-0.15, -0.1) is 0 Å². The molecule has 2 fully saturated rings. The van der Waals surface area contributed by atoms with Crippen LogP contribution in [0.3, 0.4) is 0 Å². The number of hydrogen-bond donors (Lipinski definition) is 0. The third-order valence-corrected chi connectivity index (χ3v) is 4.77. The standard InChI is InChI=1S/C16H19BrFNO3/c1-11-8-19(9-16(22-11)4-5-21-10-16)15(20)7-12-2-3-14(18)13(17)6-12/h2-3,6,11H,4-5,7-10H2,1H3/t11-,16+/m1/s1. The first-order valence-electron chi connectivity index (χ1n) is 7.45. The summed E-state index contributed by atoms with van der Waals surface area (Å²) in [5, 5.41) is 0. The Morgan fingerprint density at radius 2 is 2.36 bits per heavy atom. The van der Waals surface area contributed by atoms with E-state index in [0.717, 1.165) is 12.0 Å². The van der Waals surface area contributed by atoms with E-state index in [-0.39, 0.29) is 29.9 Å². The van der Waals surface area contributed by atoms with Gasteiger partial charge in [0.15, 0.2) is 0 Å². The summed E-state index contributed by atoms with van der Waals surface area (Å²) in [6.07, 6.45) is 1.09. The molecule has 1 aromatic rings. The SMILES string of the molecule is C[C@@H]1CN(C(=O)Cc2ccc(F)c(Br)c2)C[C@]2(CCOC2)O1. The Labute approximate surface area is 137 Å². The van der Waals surface area contributed by atoms with E-state index in [1.165, 1.54) is 6.07 Å². The lowest BCUT2D eigenvalue weighted by Gasteiger charge is -2.42. The summed E-state index contributed by atoms with van der Waals surface area (Å²) in [7, 11) is 0. The van der Waals surface area contributed by atoms with Gasteiger partial charge < -0.3 is 14.4 Å². The molecule has 0 bridgehead atoms. The van der Waals surface area contributed by atoms with Gasteiger partial charge in [-0.3, -0.25) is 4.79 Å². The highest BCUT2D eigenvalue weighted by molar-refractivity contribution is 9.10. The molecule has 2 aliphatic rings. The first-order valence-corrected chi connectivity index (χ1v) is 8.24. The van der Waals surface area contributed by atoms with E-state index in [0.29, 0.717) is 30.8 Å². The lowest BCUT2D eigenvalue weighted by Crippen LogP contribution is -2.57. The van der Waals surface area contributed by atoms with Crippen LogP contribution in [0, 0.1) is 5.82 Å². The number of morpholine rings is 1. The number of nitrogens with zero attached hydrogens (tertiary/aromatic N) is 1. The minimum absolute atomic E-state index is 0.000598. The lowest BCUT2D eigenvalue weighted by molar-refractivity contribution is -0.165. The zero-order chi connectivity index (χ0) is 15.7. The molecule has 22 heavy (non-hydrogen) atoms. The predicted molar refractivity (Wildman–Crippen MR) is 83.1 cm³/mol. The summed E-state index contributed by atoms with van der Waals surface area (Å²) >= 11 is 3.15. The van der Waals surface area contributed by atoms with Crippen molar-refractivity contribution in [3.8, 4) is 0 Å². The lowest BCUT2D eigenvalue weighted by atomic mass is 9.98. The fourth-order valence-corrected chi connectivity index (χ4v) is 3.58. The Morgan fingerprint density at radius 1 is 1.55 bits per heavy atom. The van der Waals surface area contributed by atoms with Crippen LogP contribution in [-0.2, 0) is 20.7 Å². The Balaban J connectivity index is 1.69. The summed E-state index contributed by atoms with van der Waals surface area (Å²) in [4.78, 5) is 14.4. The van der Waals surface area contributed by atoms with Gasteiger partial charge in [-0.2, -0.15) is 0 Å². The average Bonchev–Trinajstić information content (AvgIpc) is 2.89. The quantitative estimate of drug-likeness (QED) is 0.801. The molecule has 2 aliphatic heterocycles. The molecule has 0 N–H and O–H groups in total. The van der Waals surface area contributed by atoms with Crippen molar-refractivity contribution in [3.05, 3.63) is 34.1 Å². The Bertz CT molecular complexity index is 575. The van der Waals surface area contributed by atoms with Crippen LogP contribution in [-0.4, -0.2) is 48.8 Å². The maximum absolute atomic E-state index is 13.3. The normalized spacial score (nSPS) is 28.3. The Morgan fingerprint density at radius 3 is 3.05 bits per heavy atom. The molecule has 0 aliphatic carbocycles. The summed E-state index contributed by atoms with van der Waals surface area (Å²) < 4.78 is 25.1. The Kier molecular flexibility index (Phi) is 4.52. The van der Waals surface area contributed by atoms with Crippen molar-refractivity contribution in [1.29, 1.82) is 0 Å². The van der Waals surface area contributed by atoms with E-state index in [9.17, 15) is 9.18 Å². The molecule has 2 atom stereocenters. The zero-order valence-corrected chi connectivity index (χ0v) is 14.1. The molecule has 6 heteroatoms. The van der Waals surface area contributed by atoms with Crippen molar-refractivity contribution in [1.82, 2.24) is 4.90 Å². The molecule has 0 unspecified atom stereocenters. The van der Waals surface area contributed by atoms with Gasteiger partial charge in [-0.25, -0.2) is 4.39 Å². The molecule has 2 saturated heterocycles. The number of carbonyl (C=O) groups is 1. The van der Waals surface area contributed by atoms with E-state index < -0.39 is 0 Å². The van der Waals surface area contributed by atoms with Crippen molar-refractivity contribution < 1.29 is 18.7 Å². The van der Waals surface area contributed by atoms with E-state index in [2.05, 4.69) is 15.9 Å². The summed E-state index contributed by atoms with van der Waals surface area (Å²) in [6.45, 7) is 4.36. The van der Waals surface area contributed by atoms with Crippen LogP contribution in [0.15, 0.2) is 22.7 Å². The molecule has 1 amide bonds. The van der Waals surface area contributed by atoms with E-state index >= 15 is 0 Å². The van der Waals surface area contributed by atoms with Gasteiger partial charge in [-0.1, -0.05) is 6.07 Å². The van der Waals surface area contributed by atoms with Crippen LogP contribution in [0.25, 0.3) is 0 Å². The topological polar surface area (TPSA) is 38.8 Å². The first kappa shape index (κ1) is 15.9. The highest BCUT2D eigenvalue weighted by Gasteiger charge is 2.43. The molecule has 0 radical (unpaired) electrons. The second-order valence-corrected chi connectivity index (χ2v) is 6.97. The number of rotatable bonds is 2. The van der Waals surface area contributed by atoms with Gasteiger partial charge in [-0.05, 0) is 40.5 Å². The second-order valence-electron chi connectivity index (χ2n) is 6.11. The van der Waals surface area contributed by atoms with Gasteiger partial charge >= 0.3 is 0 Å². The minimum atomic E-state index is -0.350. The van der Waals surface area contributed by atoms with Crippen molar-refractivity contribution in [3.63, 3.8) is 0 Å². The highest BCUT2D eigenvalue weighted by atomic mass is 79.9. The van der Waals surface area contributed by atoms with Gasteiger partial charge in [0.1, 0.15) is 11.4 Å². The highest BCUT2D eigenvalue weighted by Crippen LogP contribution is 2.30. The van der Waals surface area contributed by atoms with E-state index in [1.807, 2.05) is 11.8 Å². The number of ether oxygens (including phenoxy) is 2. The molecule has 0 aromatic heterocycles. The maximum Gasteiger partial charge on any atom is 0.227 e. The fourth-order valence-electron chi connectivity index (χ4n) is 3.16. The van der Waals surface area contributed by atoms with Crippen LogP contribution in [0.4, 0.5) is 4.39 Å². The zero-order valence-electron chi connectivity index (χ0n) is 12.5. The van der Waals surface area contributed by atoms with Crippen LogP contribution < -0.4 is 0 Å². The third-order valence-electron chi connectivity index (χ3n) is 4.17. The molecule has 1 aromatic carbocycles. The van der Waals surface area contributed by atoms with Crippen molar-refractivity contribution >= 4 is 21.8 Å². The van der Waals surface area contributed by atoms with Crippen LogP contribution in [0.1, 0.15) is 18.9 Å². The van der Waals surface area contributed by atoms with Crippen molar-refractivity contribution in [2.24, 2.45) is 0 Å². The predicted octanol–water partition coefficient (Wildman–Crippen LogP) is 2.54. The van der Waals surface area contributed by atoms with Crippen LogP contribution in [0.5, 0.6) is 0 Å². The fraction of sp³-hybridized carbons (Fsp3) is 0.562. The molecule has 0 saturated carbocycles. The number of carbonyl (C=O) groups excluding carboxylic acids is 1. The monoisotopic (exact) mass is 371 g/mol. The minimum Gasteiger partial charge on any atom is -0.378 e. The summed E-state index contributed by atoms with van der Waals surface area (Å²) in [5.41, 5.74) is 0.450. The number of hydrogen-bond acceptors (Lipinski definition) is 3. The molecular formula is C16H19BrFNO3. The van der Waals surface area contributed by atoms with E-state index in [4.69, 9.17) is 9.47 Å². The second kappa shape index (κ2) is 6.26. The van der Waals surface area contributed by atoms with E-state index in [1.54, 1.807) is 12.1 Å². The van der Waals surface area contributed by atoms with Crippen LogP contribution >= 0.6 is 15.9 Å². The van der Waals surface area contributed by atoms with Crippen molar-refractivity contribution in [2.75, 3.05) is 26.3 Å². The van der Waals surface area contributed by atoms with Gasteiger partial charge in [0.2, 0.25) is 5.91 Å². The summed E-state index contributed by atoms with van der Waals surface area (Å²) in [6, 6.07) is 4.68. The van der Waals surface area contributed by atoms with Crippen molar-refractivity contribution in [2.45, 2.75) is 31.5 Å². The maximum atomic E-state index is 13.3. The summed E-state index contributed by atoms with van der Waals surface area (Å²) in [5.74, 6) is -0.279. The Hall–Kier alpha value is -0.980. The molecule has 120 valence electrons. The molecule has 2 heterocycles. The molecule has 3 rings (SSSR count).